The Hall–Kier alpha value is -2.44. The van der Waals surface area contributed by atoms with Crippen molar-refractivity contribution in [1.29, 1.82) is 0 Å². The highest BCUT2D eigenvalue weighted by atomic mass is 19.4. The summed E-state index contributed by atoms with van der Waals surface area (Å²) in [6, 6.07) is 8.78. The largest absolute Gasteiger partial charge is 0.573 e. The van der Waals surface area contributed by atoms with E-state index in [1.54, 1.807) is 19.1 Å². The number of carbonyl (C=O) groups excluding carboxylic acids is 1. The van der Waals surface area contributed by atoms with Crippen molar-refractivity contribution in [2.75, 3.05) is 6.54 Å². The van der Waals surface area contributed by atoms with Gasteiger partial charge in [0.15, 0.2) is 5.76 Å². The Bertz CT molecular complexity index is 632. The first-order chi connectivity index (χ1) is 10.3. The second-order valence-electron chi connectivity index (χ2n) is 4.61. The van der Waals surface area contributed by atoms with E-state index in [4.69, 9.17) is 4.42 Å². The van der Waals surface area contributed by atoms with E-state index < -0.39 is 6.36 Å². The number of hydrogen-bond acceptors (Lipinski definition) is 3. The summed E-state index contributed by atoms with van der Waals surface area (Å²) in [5, 5.41) is 2.67. The minimum atomic E-state index is -4.70. The first kappa shape index (κ1) is 15.9. The molecule has 1 N–H and O–H groups in total. The Morgan fingerprint density at radius 3 is 2.41 bits per heavy atom. The molecule has 0 aliphatic carbocycles. The third-order valence-corrected chi connectivity index (χ3v) is 2.82. The van der Waals surface area contributed by atoms with Gasteiger partial charge >= 0.3 is 6.36 Å². The van der Waals surface area contributed by atoms with E-state index >= 15 is 0 Å². The van der Waals surface area contributed by atoms with Crippen LogP contribution in [-0.2, 0) is 6.42 Å². The zero-order chi connectivity index (χ0) is 16.2. The van der Waals surface area contributed by atoms with Crippen LogP contribution in [-0.4, -0.2) is 18.8 Å². The van der Waals surface area contributed by atoms with E-state index in [-0.39, 0.29) is 17.4 Å². The quantitative estimate of drug-likeness (QED) is 0.919. The van der Waals surface area contributed by atoms with Crippen molar-refractivity contribution in [2.24, 2.45) is 0 Å². The topological polar surface area (TPSA) is 51.5 Å². The van der Waals surface area contributed by atoms with Crippen LogP contribution in [0.4, 0.5) is 13.2 Å². The monoisotopic (exact) mass is 313 g/mol. The highest BCUT2D eigenvalue weighted by molar-refractivity contribution is 5.91. The predicted octanol–water partition coefficient (Wildman–Crippen LogP) is 3.46. The number of carbonyl (C=O) groups is 1. The number of furan rings is 1. The van der Waals surface area contributed by atoms with E-state index in [1.807, 2.05) is 0 Å². The number of halogens is 3. The van der Waals surface area contributed by atoms with Crippen molar-refractivity contribution in [2.45, 2.75) is 19.7 Å². The van der Waals surface area contributed by atoms with Crippen LogP contribution in [0.1, 0.15) is 21.9 Å². The van der Waals surface area contributed by atoms with Crippen LogP contribution >= 0.6 is 0 Å². The lowest BCUT2D eigenvalue weighted by atomic mass is 10.1. The van der Waals surface area contributed by atoms with Crippen LogP contribution in [0.15, 0.2) is 40.8 Å². The molecule has 0 fully saturated rings. The zero-order valence-corrected chi connectivity index (χ0v) is 11.7. The van der Waals surface area contributed by atoms with E-state index in [0.717, 1.165) is 5.56 Å². The second-order valence-corrected chi connectivity index (χ2v) is 4.61. The highest BCUT2D eigenvalue weighted by Gasteiger charge is 2.30. The van der Waals surface area contributed by atoms with Gasteiger partial charge in [0.1, 0.15) is 11.5 Å². The lowest BCUT2D eigenvalue weighted by Crippen LogP contribution is -2.25. The molecule has 0 bridgehead atoms. The van der Waals surface area contributed by atoms with E-state index in [9.17, 15) is 18.0 Å². The van der Waals surface area contributed by atoms with E-state index in [0.29, 0.717) is 18.7 Å². The third kappa shape index (κ3) is 4.83. The van der Waals surface area contributed by atoms with Gasteiger partial charge in [-0.2, -0.15) is 0 Å². The molecule has 0 aliphatic rings. The molecule has 0 saturated heterocycles. The normalized spacial score (nSPS) is 11.3. The maximum absolute atomic E-state index is 12.0. The van der Waals surface area contributed by atoms with Crippen molar-refractivity contribution in [3.8, 4) is 5.75 Å². The Labute approximate surface area is 124 Å². The Kier molecular flexibility index (Phi) is 4.75. The van der Waals surface area contributed by atoms with Gasteiger partial charge in [0.2, 0.25) is 0 Å². The Morgan fingerprint density at radius 2 is 1.86 bits per heavy atom. The summed E-state index contributed by atoms with van der Waals surface area (Å²) in [4.78, 5) is 11.7. The van der Waals surface area contributed by atoms with Gasteiger partial charge in [-0.1, -0.05) is 12.1 Å². The number of amides is 1. The number of aryl methyl sites for hydroxylation is 1. The maximum atomic E-state index is 12.0. The van der Waals surface area contributed by atoms with Crippen molar-refractivity contribution in [3.63, 3.8) is 0 Å². The smallest absolute Gasteiger partial charge is 0.456 e. The van der Waals surface area contributed by atoms with Gasteiger partial charge in [0.05, 0.1) is 0 Å². The Morgan fingerprint density at radius 1 is 1.18 bits per heavy atom. The Balaban J connectivity index is 1.81. The summed E-state index contributed by atoms with van der Waals surface area (Å²) in [5.74, 6) is 0.272. The number of nitrogens with one attached hydrogen (secondary N) is 1. The fraction of sp³-hybridized carbons (Fsp3) is 0.267. The molecule has 118 valence electrons. The van der Waals surface area contributed by atoms with Crippen molar-refractivity contribution in [1.82, 2.24) is 5.32 Å². The summed E-state index contributed by atoms with van der Waals surface area (Å²) < 4.78 is 45.0. The molecule has 1 amide bonds. The molecule has 4 nitrogen and oxygen atoms in total. The molecule has 0 aliphatic heterocycles. The molecule has 22 heavy (non-hydrogen) atoms. The molecule has 0 spiro atoms. The van der Waals surface area contributed by atoms with Crippen LogP contribution in [0.3, 0.4) is 0 Å². The van der Waals surface area contributed by atoms with Gasteiger partial charge < -0.3 is 14.5 Å². The molecule has 0 radical (unpaired) electrons. The van der Waals surface area contributed by atoms with Gasteiger partial charge in [0.25, 0.3) is 5.91 Å². The zero-order valence-electron chi connectivity index (χ0n) is 11.7. The molecule has 1 aromatic heterocycles. The summed E-state index contributed by atoms with van der Waals surface area (Å²) >= 11 is 0. The van der Waals surface area contributed by atoms with Crippen LogP contribution in [0.5, 0.6) is 5.75 Å². The number of benzene rings is 1. The van der Waals surface area contributed by atoms with Gasteiger partial charge in [-0.25, -0.2) is 0 Å². The summed E-state index contributed by atoms with van der Waals surface area (Å²) in [6.07, 6.45) is -4.21. The predicted molar refractivity (Wildman–Crippen MR) is 72.6 cm³/mol. The molecular weight excluding hydrogens is 299 g/mol. The first-order valence-corrected chi connectivity index (χ1v) is 6.53. The second kappa shape index (κ2) is 6.55. The van der Waals surface area contributed by atoms with E-state index in [2.05, 4.69) is 10.1 Å². The molecule has 2 rings (SSSR count). The summed E-state index contributed by atoms with van der Waals surface area (Å²) in [7, 11) is 0. The van der Waals surface area contributed by atoms with Crippen molar-refractivity contribution in [3.05, 3.63) is 53.5 Å². The number of ether oxygens (including phenoxy) is 1. The molecule has 1 heterocycles. The molecular formula is C15H14F3NO3. The third-order valence-electron chi connectivity index (χ3n) is 2.82. The average Bonchev–Trinajstić information content (AvgIpc) is 2.86. The molecule has 0 atom stereocenters. The van der Waals surface area contributed by atoms with Gasteiger partial charge in [-0.05, 0) is 43.2 Å². The standard InChI is InChI=1S/C15H14F3NO3/c1-10-2-7-13(21-10)14(20)19-9-8-11-3-5-12(6-4-11)22-15(16,17)18/h2-7H,8-9H2,1H3,(H,19,20). The van der Waals surface area contributed by atoms with Crippen LogP contribution < -0.4 is 10.1 Å². The lowest BCUT2D eigenvalue weighted by Gasteiger charge is -2.09. The lowest BCUT2D eigenvalue weighted by molar-refractivity contribution is -0.274. The molecule has 7 heteroatoms. The van der Waals surface area contributed by atoms with Crippen LogP contribution in [0, 0.1) is 6.92 Å². The van der Waals surface area contributed by atoms with E-state index in [1.165, 1.54) is 24.3 Å². The fourth-order valence-electron chi connectivity index (χ4n) is 1.82. The maximum Gasteiger partial charge on any atom is 0.573 e. The SMILES string of the molecule is Cc1ccc(C(=O)NCCc2ccc(OC(F)(F)F)cc2)o1. The fourth-order valence-corrected chi connectivity index (χ4v) is 1.82. The minimum absolute atomic E-state index is 0.228. The molecule has 1 aromatic carbocycles. The van der Waals surface area contributed by atoms with Gasteiger partial charge in [-0.15, -0.1) is 13.2 Å². The van der Waals surface area contributed by atoms with Gasteiger partial charge in [0, 0.05) is 6.54 Å². The van der Waals surface area contributed by atoms with Crippen LogP contribution in [0.2, 0.25) is 0 Å². The molecule has 0 unspecified atom stereocenters. The summed E-state index contributed by atoms with van der Waals surface area (Å²) in [6.45, 7) is 2.08. The summed E-state index contributed by atoms with van der Waals surface area (Å²) in [5.41, 5.74) is 0.783. The average molecular weight is 313 g/mol. The number of hydrogen-bond donors (Lipinski definition) is 1. The minimum Gasteiger partial charge on any atom is -0.456 e. The molecule has 0 saturated carbocycles. The number of rotatable bonds is 5. The first-order valence-electron chi connectivity index (χ1n) is 6.53. The number of alkyl halides is 3. The van der Waals surface area contributed by atoms with Gasteiger partial charge in [-0.3, -0.25) is 4.79 Å². The van der Waals surface area contributed by atoms with Crippen LogP contribution in [0.25, 0.3) is 0 Å². The molecule has 2 aromatic rings. The highest BCUT2D eigenvalue weighted by Crippen LogP contribution is 2.22. The van der Waals surface area contributed by atoms with Crippen molar-refractivity contribution >= 4 is 5.91 Å². The van der Waals surface area contributed by atoms with Crippen molar-refractivity contribution < 1.29 is 27.1 Å².